The van der Waals surface area contributed by atoms with E-state index in [9.17, 15) is 4.79 Å². The zero-order valence-corrected chi connectivity index (χ0v) is 13.3. The van der Waals surface area contributed by atoms with Crippen LogP contribution in [0.5, 0.6) is 0 Å². The summed E-state index contributed by atoms with van der Waals surface area (Å²) < 4.78 is 1.84. The highest BCUT2D eigenvalue weighted by Crippen LogP contribution is 2.36. The van der Waals surface area contributed by atoms with Crippen molar-refractivity contribution < 1.29 is 4.79 Å². The standard InChI is InChI=1S/C18H22N4O/c23-18(22-10-3-6-16(22)14-4-1-2-5-14)15-7-8-17(20-12-15)21-11-9-19-13-21/h7-9,11-14,16H,1-6,10H2. The molecule has 0 bridgehead atoms. The summed E-state index contributed by atoms with van der Waals surface area (Å²) in [6.07, 6.45) is 14.5. The van der Waals surface area contributed by atoms with E-state index in [1.807, 2.05) is 22.9 Å². The third kappa shape index (κ3) is 2.76. The Morgan fingerprint density at radius 1 is 1.13 bits per heavy atom. The molecule has 5 nitrogen and oxygen atoms in total. The number of carbonyl (C=O) groups excluding carboxylic acids is 1. The molecule has 0 aromatic carbocycles. The van der Waals surface area contributed by atoms with Crippen molar-refractivity contribution in [3.8, 4) is 5.82 Å². The number of likely N-dealkylation sites (tertiary alicyclic amines) is 1. The van der Waals surface area contributed by atoms with Crippen molar-refractivity contribution in [2.24, 2.45) is 5.92 Å². The number of rotatable bonds is 3. The fourth-order valence-corrected chi connectivity index (χ4v) is 4.10. The molecule has 1 atom stereocenters. The molecule has 0 radical (unpaired) electrons. The molecule has 0 N–H and O–H groups in total. The van der Waals surface area contributed by atoms with Crippen LogP contribution < -0.4 is 0 Å². The topological polar surface area (TPSA) is 51.0 Å². The highest BCUT2D eigenvalue weighted by atomic mass is 16.2. The summed E-state index contributed by atoms with van der Waals surface area (Å²) in [5.74, 6) is 1.64. The van der Waals surface area contributed by atoms with Crippen molar-refractivity contribution in [1.29, 1.82) is 0 Å². The van der Waals surface area contributed by atoms with Crippen LogP contribution in [0.4, 0.5) is 0 Å². The zero-order valence-electron chi connectivity index (χ0n) is 13.3. The number of hydrogen-bond acceptors (Lipinski definition) is 3. The van der Waals surface area contributed by atoms with E-state index >= 15 is 0 Å². The predicted octanol–water partition coefficient (Wildman–Crippen LogP) is 3.06. The third-order valence-electron chi connectivity index (χ3n) is 5.27. The Hall–Kier alpha value is -2.17. The summed E-state index contributed by atoms with van der Waals surface area (Å²) in [5, 5.41) is 0. The maximum Gasteiger partial charge on any atom is 0.255 e. The largest absolute Gasteiger partial charge is 0.335 e. The average Bonchev–Trinajstić information content (AvgIpc) is 3.35. The molecule has 1 amide bonds. The lowest BCUT2D eigenvalue weighted by molar-refractivity contribution is 0.0688. The summed E-state index contributed by atoms with van der Waals surface area (Å²) in [6, 6.07) is 4.21. The molecule has 1 aliphatic heterocycles. The van der Waals surface area contributed by atoms with Crippen molar-refractivity contribution in [2.75, 3.05) is 6.54 Å². The number of pyridine rings is 1. The predicted molar refractivity (Wildman–Crippen MR) is 87.4 cm³/mol. The summed E-state index contributed by atoms with van der Waals surface area (Å²) in [5.41, 5.74) is 0.693. The van der Waals surface area contributed by atoms with Crippen LogP contribution in [0.3, 0.4) is 0 Å². The van der Waals surface area contributed by atoms with Crippen LogP contribution in [-0.2, 0) is 0 Å². The van der Waals surface area contributed by atoms with E-state index in [-0.39, 0.29) is 5.91 Å². The van der Waals surface area contributed by atoms with Gasteiger partial charge in [-0.05, 0) is 43.7 Å². The van der Waals surface area contributed by atoms with Gasteiger partial charge in [-0.3, -0.25) is 9.36 Å². The van der Waals surface area contributed by atoms with Gasteiger partial charge in [-0.15, -0.1) is 0 Å². The van der Waals surface area contributed by atoms with Crippen molar-refractivity contribution in [1.82, 2.24) is 19.4 Å². The molecule has 1 unspecified atom stereocenters. The molecule has 2 aromatic rings. The number of carbonyl (C=O) groups is 1. The van der Waals surface area contributed by atoms with Gasteiger partial charge in [0.05, 0.1) is 5.56 Å². The van der Waals surface area contributed by atoms with E-state index in [0.29, 0.717) is 17.5 Å². The van der Waals surface area contributed by atoms with E-state index in [4.69, 9.17) is 0 Å². The minimum Gasteiger partial charge on any atom is -0.335 e. The average molecular weight is 310 g/mol. The number of aromatic nitrogens is 3. The van der Waals surface area contributed by atoms with E-state index in [1.54, 1.807) is 18.7 Å². The lowest BCUT2D eigenvalue weighted by Gasteiger charge is -2.29. The molecule has 3 heterocycles. The molecule has 2 fully saturated rings. The molecule has 23 heavy (non-hydrogen) atoms. The Bertz CT molecular complexity index is 659. The Labute approximate surface area is 136 Å². The molecule has 2 aliphatic rings. The first-order valence-electron chi connectivity index (χ1n) is 8.58. The highest BCUT2D eigenvalue weighted by Gasteiger charge is 2.36. The monoisotopic (exact) mass is 310 g/mol. The Balaban J connectivity index is 1.51. The summed E-state index contributed by atoms with van der Waals surface area (Å²) in [7, 11) is 0. The smallest absolute Gasteiger partial charge is 0.255 e. The van der Waals surface area contributed by atoms with E-state index in [2.05, 4.69) is 14.9 Å². The van der Waals surface area contributed by atoms with Crippen LogP contribution >= 0.6 is 0 Å². The Morgan fingerprint density at radius 2 is 2.00 bits per heavy atom. The molecule has 1 saturated carbocycles. The number of amides is 1. The Kier molecular flexibility index (Phi) is 3.85. The lowest BCUT2D eigenvalue weighted by Crippen LogP contribution is -2.39. The summed E-state index contributed by atoms with van der Waals surface area (Å²) in [4.78, 5) is 23.4. The van der Waals surface area contributed by atoms with E-state index in [1.165, 1.54) is 25.7 Å². The maximum atomic E-state index is 12.9. The van der Waals surface area contributed by atoms with Crippen molar-refractivity contribution in [3.63, 3.8) is 0 Å². The van der Waals surface area contributed by atoms with Gasteiger partial charge in [0, 0.05) is 31.2 Å². The molecule has 1 aliphatic carbocycles. The van der Waals surface area contributed by atoms with E-state index in [0.717, 1.165) is 25.2 Å². The maximum absolute atomic E-state index is 12.9. The second-order valence-corrected chi connectivity index (χ2v) is 6.63. The van der Waals surface area contributed by atoms with Crippen LogP contribution in [0, 0.1) is 5.92 Å². The van der Waals surface area contributed by atoms with Crippen molar-refractivity contribution in [2.45, 2.75) is 44.6 Å². The quantitative estimate of drug-likeness (QED) is 0.875. The minimum absolute atomic E-state index is 0.143. The van der Waals surface area contributed by atoms with Gasteiger partial charge in [0.25, 0.3) is 5.91 Å². The van der Waals surface area contributed by atoms with Crippen LogP contribution in [0.2, 0.25) is 0 Å². The molecular formula is C18H22N4O. The second kappa shape index (κ2) is 6.14. The van der Waals surface area contributed by atoms with E-state index < -0.39 is 0 Å². The van der Waals surface area contributed by atoms with Gasteiger partial charge in [0.2, 0.25) is 0 Å². The number of hydrogen-bond donors (Lipinski definition) is 0. The van der Waals surface area contributed by atoms with Crippen LogP contribution in [0.25, 0.3) is 5.82 Å². The van der Waals surface area contributed by atoms with Crippen LogP contribution in [0.15, 0.2) is 37.1 Å². The molecule has 4 rings (SSSR count). The first kappa shape index (κ1) is 14.4. The number of nitrogens with zero attached hydrogens (tertiary/aromatic N) is 4. The fourth-order valence-electron chi connectivity index (χ4n) is 4.10. The molecule has 5 heteroatoms. The third-order valence-corrected chi connectivity index (χ3v) is 5.27. The lowest BCUT2D eigenvalue weighted by atomic mass is 9.95. The van der Waals surface area contributed by atoms with Crippen molar-refractivity contribution >= 4 is 5.91 Å². The minimum atomic E-state index is 0.143. The molecule has 2 aromatic heterocycles. The Morgan fingerprint density at radius 3 is 2.70 bits per heavy atom. The first-order chi connectivity index (χ1) is 11.3. The van der Waals surface area contributed by atoms with Gasteiger partial charge < -0.3 is 4.90 Å². The highest BCUT2D eigenvalue weighted by molar-refractivity contribution is 5.94. The van der Waals surface area contributed by atoms with Gasteiger partial charge in [-0.25, -0.2) is 9.97 Å². The number of imidazole rings is 1. The van der Waals surface area contributed by atoms with Crippen LogP contribution in [-0.4, -0.2) is 37.9 Å². The van der Waals surface area contributed by atoms with Gasteiger partial charge in [0.1, 0.15) is 12.1 Å². The van der Waals surface area contributed by atoms with Gasteiger partial charge in [0.15, 0.2) is 0 Å². The fraction of sp³-hybridized carbons (Fsp3) is 0.500. The SMILES string of the molecule is O=C(c1ccc(-n2ccnc2)nc1)N1CCCC1C1CCCC1. The summed E-state index contributed by atoms with van der Waals surface area (Å²) in [6.45, 7) is 0.892. The normalized spacial score (nSPS) is 21.9. The molecular weight excluding hydrogens is 288 g/mol. The van der Waals surface area contributed by atoms with Crippen molar-refractivity contribution in [3.05, 3.63) is 42.6 Å². The zero-order chi connectivity index (χ0) is 15.6. The van der Waals surface area contributed by atoms with Gasteiger partial charge in [-0.2, -0.15) is 0 Å². The second-order valence-electron chi connectivity index (χ2n) is 6.63. The molecule has 1 saturated heterocycles. The van der Waals surface area contributed by atoms with Crippen LogP contribution in [0.1, 0.15) is 48.9 Å². The first-order valence-corrected chi connectivity index (χ1v) is 8.58. The van der Waals surface area contributed by atoms with Gasteiger partial charge in [-0.1, -0.05) is 12.8 Å². The molecule has 0 spiro atoms. The molecule has 120 valence electrons. The van der Waals surface area contributed by atoms with Gasteiger partial charge >= 0.3 is 0 Å². The summed E-state index contributed by atoms with van der Waals surface area (Å²) >= 11 is 0.